The van der Waals surface area contributed by atoms with Crippen LogP contribution in [-0.2, 0) is 14.8 Å². The van der Waals surface area contributed by atoms with Crippen molar-refractivity contribution in [3.05, 3.63) is 64.7 Å². The van der Waals surface area contributed by atoms with Gasteiger partial charge in [-0.15, -0.1) is 0 Å². The third kappa shape index (κ3) is 5.28. The summed E-state index contributed by atoms with van der Waals surface area (Å²) in [5.74, 6) is -2.47. The van der Waals surface area contributed by atoms with E-state index in [0.717, 1.165) is 35.1 Å². The van der Waals surface area contributed by atoms with Crippen molar-refractivity contribution in [2.24, 2.45) is 0 Å². The molecule has 2 rings (SSSR count). The monoisotopic (exact) mass is 410 g/mol. The Labute approximate surface area is 164 Å². The Hall–Kier alpha value is -2.48. The lowest BCUT2D eigenvalue weighted by molar-refractivity contribution is -0.120. The minimum atomic E-state index is -3.96. The molecule has 2 aromatic carbocycles. The Balaban J connectivity index is 2.24. The van der Waals surface area contributed by atoms with Crippen molar-refractivity contribution >= 4 is 21.6 Å². The number of benzene rings is 2. The topological polar surface area (TPSA) is 66.5 Å². The SMILES string of the molecule is CC[C@@H](NC(=O)CN(c1ccc(F)cc1F)S(C)(=O)=O)c1ccc(C)c(C)c1. The summed E-state index contributed by atoms with van der Waals surface area (Å²) in [5, 5.41) is 2.79. The molecule has 0 spiro atoms. The maximum Gasteiger partial charge on any atom is 0.241 e. The van der Waals surface area contributed by atoms with E-state index >= 15 is 0 Å². The molecule has 0 saturated carbocycles. The van der Waals surface area contributed by atoms with Crippen LogP contribution in [0.1, 0.15) is 36.1 Å². The molecule has 0 radical (unpaired) electrons. The second-order valence-corrected chi connectivity index (χ2v) is 8.64. The molecule has 8 heteroatoms. The molecule has 1 N–H and O–H groups in total. The number of halogens is 2. The molecule has 0 saturated heterocycles. The zero-order valence-electron chi connectivity index (χ0n) is 16.3. The molecule has 152 valence electrons. The van der Waals surface area contributed by atoms with Crippen molar-refractivity contribution in [1.29, 1.82) is 0 Å². The molecule has 0 heterocycles. The van der Waals surface area contributed by atoms with Gasteiger partial charge in [0.25, 0.3) is 0 Å². The maximum atomic E-state index is 14.1. The van der Waals surface area contributed by atoms with Crippen molar-refractivity contribution in [2.75, 3.05) is 17.1 Å². The highest BCUT2D eigenvalue weighted by molar-refractivity contribution is 7.92. The van der Waals surface area contributed by atoms with Gasteiger partial charge in [0.05, 0.1) is 18.0 Å². The molecular formula is C20H24F2N2O3S. The van der Waals surface area contributed by atoms with E-state index in [1.54, 1.807) is 0 Å². The van der Waals surface area contributed by atoms with Crippen molar-refractivity contribution in [1.82, 2.24) is 5.32 Å². The van der Waals surface area contributed by atoms with Crippen LogP contribution in [0.4, 0.5) is 14.5 Å². The van der Waals surface area contributed by atoms with Crippen molar-refractivity contribution < 1.29 is 22.0 Å². The Kier molecular flexibility index (Phi) is 6.77. The van der Waals surface area contributed by atoms with Crippen LogP contribution in [0.5, 0.6) is 0 Å². The summed E-state index contributed by atoms with van der Waals surface area (Å²) in [6.07, 6.45) is 1.46. The average molecular weight is 410 g/mol. The summed E-state index contributed by atoms with van der Waals surface area (Å²) in [6.45, 7) is 5.24. The number of amides is 1. The smallest absolute Gasteiger partial charge is 0.241 e. The zero-order valence-corrected chi connectivity index (χ0v) is 17.1. The van der Waals surface area contributed by atoms with Crippen LogP contribution in [-0.4, -0.2) is 27.1 Å². The fourth-order valence-corrected chi connectivity index (χ4v) is 3.69. The summed E-state index contributed by atoms with van der Waals surface area (Å²) in [4.78, 5) is 12.5. The quantitative estimate of drug-likeness (QED) is 0.758. The molecule has 1 amide bonds. The van der Waals surface area contributed by atoms with Crippen LogP contribution < -0.4 is 9.62 Å². The summed E-state index contributed by atoms with van der Waals surface area (Å²) in [7, 11) is -3.96. The number of rotatable bonds is 7. The summed E-state index contributed by atoms with van der Waals surface area (Å²) < 4.78 is 52.1. The molecule has 2 aromatic rings. The van der Waals surface area contributed by atoms with E-state index in [-0.39, 0.29) is 11.7 Å². The maximum absolute atomic E-state index is 14.1. The predicted octanol–water partition coefficient (Wildman–Crippen LogP) is 3.62. The van der Waals surface area contributed by atoms with E-state index in [4.69, 9.17) is 0 Å². The lowest BCUT2D eigenvalue weighted by Crippen LogP contribution is -2.42. The Morgan fingerprint density at radius 3 is 2.32 bits per heavy atom. The first-order valence-electron chi connectivity index (χ1n) is 8.82. The number of anilines is 1. The van der Waals surface area contributed by atoms with Crippen LogP contribution in [0.25, 0.3) is 0 Å². The molecule has 0 unspecified atom stereocenters. The van der Waals surface area contributed by atoms with Crippen LogP contribution in [0.3, 0.4) is 0 Å². The second kappa shape index (κ2) is 8.68. The van der Waals surface area contributed by atoms with Gasteiger partial charge in [0.15, 0.2) is 0 Å². The lowest BCUT2D eigenvalue weighted by atomic mass is 9.99. The standard InChI is InChI=1S/C20H24F2N2O3S/c1-5-18(15-7-6-13(2)14(3)10-15)23-20(25)12-24(28(4,26)27)19-9-8-16(21)11-17(19)22/h6-11,18H,5,12H2,1-4H3,(H,23,25)/t18-/m1/s1. The first-order chi connectivity index (χ1) is 13.0. The van der Waals surface area contributed by atoms with E-state index in [9.17, 15) is 22.0 Å². The van der Waals surface area contributed by atoms with E-state index in [2.05, 4.69) is 5.32 Å². The number of hydrogen-bond donors (Lipinski definition) is 1. The largest absolute Gasteiger partial charge is 0.348 e. The minimum Gasteiger partial charge on any atom is -0.348 e. The Bertz CT molecular complexity index is 977. The fraction of sp³-hybridized carbons (Fsp3) is 0.350. The van der Waals surface area contributed by atoms with Crippen LogP contribution in [0.15, 0.2) is 36.4 Å². The van der Waals surface area contributed by atoms with Gasteiger partial charge in [-0.25, -0.2) is 17.2 Å². The molecule has 0 fully saturated rings. The Morgan fingerprint density at radius 1 is 1.11 bits per heavy atom. The predicted molar refractivity (Wildman–Crippen MR) is 106 cm³/mol. The zero-order chi connectivity index (χ0) is 21.1. The molecule has 0 aliphatic heterocycles. The number of carbonyl (C=O) groups is 1. The molecule has 28 heavy (non-hydrogen) atoms. The number of aryl methyl sites for hydroxylation is 2. The fourth-order valence-electron chi connectivity index (χ4n) is 2.84. The molecule has 0 aliphatic carbocycles. The van der Waals surface area contributed by atoms with Gasteiger partial charge >= 0.3 is 0 Å². The summed E-state index contributed by atoms with van der Waals surface area (Å²) in [5.41, 5.74) is 2.73. The van der Waals surface area contributed by atoms with Gasteiger partial charge in [0.1, 0.15) is 18.2 Å². The van der Waals surface area contributed by atoms with Gasteiger partial charge in [-0.3, -0.25) is 9.10 Å². The van der Waals surface area contributed by atoms with Gasteiger partial charge < -0.3 is 5.32 Å². The van der Waals surface area contributed by atoms with Crippen LogP contribution in [0.2, 0.25) is 0 Å². The average Bonchev–Trinajstić information content (AvgIpc) is 2.60. The summed E-state index contributed by atoms with van der Waals surface area (Å²) >= 11 is 0. The van der Waals surface area contributed by atoms with Gasteiger partial charge in [-0.05, 0) is 49.1 Å². The highest BCUT2D eigenvalue weighted by atomic mass is 32.2. The lowest BCUT2D eigenvalue weighted by Gasteiger charge is -2.24. The number of sulfonamides is 1. The molecule has 1 atom stereocenters. The highest BCUT2D eigenvalue weighted by Gasteiger charge is 2.25. The summed E-state index contributed by atoms with van der Waals surface area (Å²) in [6, 6.07) is 8.04. The van der Waals surface area contributed by atoms with E-state index in [1.807, 2.05) is 39.0 Å². The van der Waals surface area contributed by atoms with Gasteiger partial charge in [0, 0.05) is 6.07 Å². The van der Waals surface area contributed by atoms with Crippen molar-refractivity contribution in [3.8, 4) is 0 Å². The van der Waals surface area contributed by atoms with Crippen LogP contribution >= 0.6 is 0 Å². The third-order valence-electron chi connectivity index (χ3n) is 4.54. The number of hydrogen-bond acceptors (Lipinski definition) is 3. The highest BCUT2D eigenvalue weighted by Crippen LogP contribution is 2.23. The molecular weight excluding hydrogens is 386 g/mol. The molecule has 0 aliphatic rings. The van der Waals surface area contributed by atoms with Gasteiger partial charge in [-0.1, -0.05) is 25.1 Å². The van der Waals surface area contributed by atoms with E-state index < -0.39 is 34.1 Å². The van der Waals surface area contributed by atoms with Crippen molar-refractivity contribution in [3.63, 3.8) is 0 Å². The molecule has 5 nitrogen and oxygen atoms in total. The first kappa shape index (κ1) is 21.8. The van der Waals surface area contributed by atoms with Crippen molar-refractivity contribution in [2.45, 2.75) is 33.2 Å². The number of nitrogens with zero attached hydrogens (tertiary/aromatic N) is 1. The van der Waals surface area contributed by atoms with Gasteiger partial charge in [0.2, 0.25) is 15.9 Å². The van der Waals surface area contributed by atoms with E-state index in [1.165, 1.54) is 0 Å². The normalized spacial score (nSPS) is 12.5. The second-order valence-electron chi connectivity index (χ2n) is 6.74. The molecule has 0 bridgehead atoms. The van der Waals surface area contributed by atoms with Crippen LogP contribution in [0, 0.1) is 25.5 Å². The van der Waals surface area contributed by atoms with Gasteiger partial charge in [-0.2, -0.15) is 0 Å². The minimum absolute atomic E-state index is 0.314. The first-order valence-corrected chi connectivity index (χ1v) is 10.7. The third-order valence-corrected chi connectivity index (χ3v) is 5.67. The number of nitrogens with one attached hydrogen (secondary N) is 1. The Morgan fingerprint density at radius 2 is 1.79 bits per heavy atom. The number of carbonyl (C=O) groups excluding carboxylic acids is 1. The molecule has 0 aromatic heterocycles. The van der Waals surface area contributed by atoms with E-state index in [0.29, 0.717) is 16.8 Å².